The Kier molecular flexibility index (Phi) is 4.75. The highest BCUT2D eigenvalue weighted by Crippen LogP contribution is 2.24. The van der Waals surface area contributed by atoms with Crippen LogP contribution in [0.3, 0.4) is 0 Å². The van der Waals surface area contributed by atoms with Crippen LogP contribution in [0, 0.1) is 0 Å². The van der Waals surface area contributed by atoms with Crippen LogP contribution in [0.5, 0.6) is 0 Å². The second kappa shape index (κ2) is 6.32. The molecule has 1 aromatic rings. The SMILES string of the molecule is COC1CC(NCC(c2ccccc2)N(C)C)C1. The van der Waals surface area contributed by atoms with E-state index in [2.05, 4.69) is 54.6 Å². The summed E-state index contributed by atoms with van der Waals surface area (Å²) in [6.45, 7) is 0.998. The van der Waals surface area contributed by atoms with E-state index in [1.54, 1.807) is 7.11 Å². The molecule has 0 bridgehead atoms. The van der Waals surface area contributed by atoms with Crippen LogP contribution in [0.2, 0.25) is 0 Å². The summed E-state index contributed by atoms with van der Waals surface area (Å²) in [5, 5.41) is 3.64. The average Bonchev–Trinajstić information content (AvgIpc) is 2.32. The molecule has 1 fully saturated rings. The molecule has 3 heteroatoms. The molecule has 100 valence electrons. The second-order valence-electron chi connectivity index (χ2n) is 5.32. The number of rotatable bonds is 6. The van der Waals surface area contributed by atoms with Crippen LogP contribution >= 0.6 is 0 Å². The Labute approximate surface area is 110 Å². The van der Waals surface area contributed by atoms with E-state index in [4.69, 9.17) is 4.74 Å². The molecule has 1 aromatic carbocycles. The fourth-order valence-corrected chi connectivity index (χ4v) is 2.48. The molecule has 1 aliphatic carbocycles. The maximum atomic E-state index is 5.30. The maximum absolute atomic E-state index is 5.30. The first kappa shape index (κ1) is 13.5. The normalized spacial score (nSPS) is 24.9. The van der Waals surface area contributed by atoms with Gasteiger partial charge < -0.3 is 15.0 Å². The van der Waals surface area contributed by atoms with Gasteiger partial charge in [-0.05, 0) is 32.5 Å². The lowest BCUT2D eigenvalue weighted by Gasteiger charge is -2.36. The van der Waals surface area contributed by atoms with Gasteiger partial charge in [-0.1, -0.05) is 30.3 Å². The van der Waals surface area contributed by atoms with Crippen LogP contribution in [0.4, 0.5) is 0 Å². The zero-order valence-corrected chi connectivity index (χ0v) is 11.6. The van der Waals surface area contributed by atoms with Crippen LogP contribution < -0.4 is 5.32 Å². The molecule has 0 aliphatic heterocycles. The minimum absolute atomic E-state index is 0.438. The van der Waals surface area contributed by atoms with Gasteiger partial charge in [0.05, 0.1) is 6.10 Å². The Morgan fingerprint density at radius 2 is 1.94 bits per heavy atom. The standard InChI is InChI=1S/C15H24N2O/c1-17(2)15(12-7-5-4-6-8-12)11-16-13-9-14(10-13)18-3/h4-8,13-16H,9-11H2,1-3H3. The Balaban J connectivity index is 1.85. The molecule has 0 spiro atoms. The molecular weight excluding hydrogens is 224 g/mol. The monoisotopic (exact) mass is 248 g/mol. The van der Waals surface area contributed by atoms with Gasteiger partial charge in [-0.2, -0.15) is 0 Å². The molecule has 0 aromatic heterocycles. The molecule has 0 amide bonds. The third kappa shape index (κ3) is 3.31. The number of benzene rings is 1. The van der Waals surface area contributed by atoms with Crippen molar-refractivity contribution in [3.63, 3.8) is 0 Å². The number of ether oxygens (including phenoxy) is 1. The van der Waals surface area contributed by atoms with Crippen LogP contribution in [0.15, 0.2) is 30.3 Å². The maximum Gasteiger partial charge on any atom is 0.0601 e. The first-order valence-electron chi connectivity index (χ1n) is 6.68. The third-order valence-electron chi connectivity index (χ3n) is 3.84. The minimum atomic E-state index is 0.438. The van der Waals surface area contributed by atoms with Crippen molar-refractivity contribution < 1.29 is 4.74 Å². The molecule has 2 rings (SSSR count). The quantitative estimate of drug-likeness (QED) is 0.834. The molecule has 0 heterocycles. The van der Waals surface area contributed by atoms with Gasteiger partial charge in [-0.3, -0.25) is 0 Å². The molecule has 1 N–H and O–H groups in total. The van der Waals surface area contributed by atoms with E-state index in [9.17, 15) is 0 Å². The predicted molar refractivity (Wildman–Crippen MR) is 74.7 cm³/mol. The average molecular weight is 248 g/mol. The summed E-state index contributed by atoms with van der Waals surface area (Å²) in [5.41, 5.74) is 1.37. The van der Waals surface area contributed by atoms with Crippen LogP contribution in [-0.4, -0.2) is 44.8 Å². The smallest absolute Gasteiger partial charge is 0.0601 e. The first-order chi connectivity index (χ1) is 8.70. The topological polar surface area (TPSA) is 24.5 Å². The molecule has 0 radical (unpaired) electrons. The Hall–Kier alpha value is -0.900. The van der Waals surface area contributed by atoms with E-state index in [0.29, 0.717) is 18.2 Å². The van der Waals surface area contributed by atoms with Gasteiger partial charge in [0.2, 0.25) is 0 Å². The van der Waals surface area contributed by atoms with Gasteiger partial charge in [0.15, 0.2) is 0 Å². The van der Waals surface area contributed by atoms with Crippen molar-refractivity contribution in [3.8, 4) is 0 Å². The number of methoxy groups -OCH3 is 1. The highest BCUT2D eigenvalue weighted by atomic mass is 16.5. The van der Waals surface area contributed by atoms with Gasteiger partial charge in [-0.15, -0.1) is 0 Å². The molecule has 1 saturated carbocycles. The number of likely N-dealkylation sites (N-methyl/N-ethyl adjacent to an activating group) is 1. The summed E-state index contributed by atoms with van der Waals surface area (Å²) in [6.07, 6.45) is 2.76. The highest BCUT2D eigenvalue weighted by molar-refractivity contribution is 5.19. The van der Waals surface area contributed by atoms with E-state index in [-0.39, 0.29) is 0 Å². The molecular formula is C15H24N2O. The van der Waals surface area contributed by atoms with Crippen molar-refractivity contribution in [2.75, 3.05) is 27.7 Å². The van der Waals surface area contributed by atoms with E-state index >= 15 is 0 Å². The number of hydrogen-bond donors (Lipinski definition) is 1. The van der Waals surface area contributed by atoms with Gasteiger partial charge in [0, 0.05) is 25.7 Å². The summed E-state index contributed by atoms with van der Waals surface area (Å²) in [4.78, 5) is 2.27. The van der Waals surface area contributed by atoms with Crippen LogP contribution in [0.25, 0.3) is 0 Å². The fourth-order valence-electron chi connectivity index (χ4n) is 2.48. The summed E-state index contributed by atoms with van der Waals surface area (Å²) in [5.74, 6) is 0. The molecule has 0 saturated heterocycles. The van der Waals surface area contributed by atoms with Crippen molar-refractivity contribution in [2.45, 2.75) is 31.0 Å². The van der Waals surface area contributed by atoms with Crippen molar-refractivity contribution in [1.82, 2.24) is 10.2 Å². The highest BCUT2D eigenvalue weighted by Gasteiger charge is 2.29. The van der Waals surface area contributed by atoms with Crippen LogP contribution in [-0.2, 0) is 4.74 Å². The second-order valence-corrected chi connectivity index (χ2v) is 5.32. The molecule has 3 nitrogen and oxygen atoms in total. The van der Waals surface area contributed by atoms with Gasteiger partial charge >= 0.3 is 0 Å². The fraction of sp³-hybridized carbons (Fsp3) is 0.600. The number of nitrogens with one attached hydrogen (secondary N) is 1. The lowest BCUT2D eigenvalue weighted by Crippen LogP contribution is -2.47. The molecule has 18 heavy (non-hydrogen) atoms. The first-order valence-corrected chi connectivity index (χ1v) is 6.68. The predicted octanol–water partition coefficient (Wildman–Crippen LogP) is 2.06. The van der Waals surface area contributed by atoms with Gasteiger partial charge in [0.1, 0.15) is 0 Å². The zero-order chi connectivity index (χ0) is 13.0. The van der Waals surface area contributed by atoms with Gasteiger partial charge in [0.25, 0.3) is 0 Å². The van der Waals surface area contributed by atoms with Crippen LogP contribution in [0.1, 0.15) is 24.4 Å². The lowest BCUT2D eigenvalue weighted by atomic mass is 9.89. The van der Waals surface area contributed by atoms with Crippen molar-refractivity contribution in [3.05, 3.63) is 35.9 Å². The Bertz CT molecular complexity index is 347. The van der Waals surface area contributed by atoms with Gasteiger partial charge in [-0.25, -0.2) is 0 Å². The van der Waals surface area contributed by atoms with E-state index < -0.39 is 0 Å². The summed E-state index contributed by atoms with van der Waals surface area (Å²) in [6, 6.07) is 11.7. The summed E-state index contributed by atoms with van der Waals surface area (Å²) in [7, 11) is 6.07. The number of nitrogens with zero attached hydrogens (tertiary/aromatic N) is 1. The van der Waals surface area contributed by atoms with E-state index in [0.717, 1.165) is 19.4 Å². The molecule has 1 unspecified atom stereocenters. The van der Waals surface area contributed by atoms with E-state index in [1.165, 1.54) is 5.56 Å². The number of hydrogen-bond acceptors (Lipinski definition) is 3. The lowest BCUT2D eigenvalue weighted by molar-refractivity contribution is 0.0159. The van der Waals surface area contributed by atoms with E-state index in [1.807, 2.05) is 0 Å². The van der Waals surface area contributed by atoms with Crippen molar-refractivity contribution in [1.29, 1.82) is 0 Å². The van der Waals surface area contributed by atoms with Crippen molar-refractivity contribution in [2.24, 2.45) is 0 Å². The van der Waals surface area contributed by atoms with Crippen molar-refractivity contribution >= 4 is 0 Å². The minimum Gasteiger partial charge on any atom is -0.381 e. The Morgan fingerprint density at radius 1 is 1.28 bits per heavy atom. The zero-order valence-electron chi connectivity index (χ0n) is 11.6. The summed E-state index contributed by atoms with van der Waals surface area (Å²) < 4.78 is 5.30. The summed E-state index contributed by atoms with van der Waals surface area (Å²) >= 11 is 0. The molecule has 1 atom stereocenters. The largest absolute Gasteiger partial charge is 0.381 e. The molecule has 1 aliphatic rings. The Morgan fingerprint density at radius 3 is 2.50 bits per heavy atom. The third-order valence-corrected chi connectivity index (χ3v) is 3.84.